The number of anilines is 1. The molecule has 1 aliphatic rings. The second-order valence-corrected chi connectivity index (χ2v) is 6.09. The number of nitrogens with one attached hydrogen (secondary N) is 1. The van der Waals surface area contributed by atoms with Gasteiger partial charge in [0.1, 0.15) is 0 Å². The van der Waals surface area contributed by atoms with Crippen LogP contribution in [0.1, 0.15) is 31.7 Å². The molecule has 0 spiro atoms. The summed E-state index contributed by atoms with van der Waals surface area (Å²) in [6.07, 6.45) is 3.09. The van der Waals surface area contributed by atoms with E-state index in [-0.39, 0.29) is 17.7 Å². The van der Waals surface area contributed by atoms with Gasteiger partial charge in [-0.3, -0.25) is 4.79 Å². The number of hydrogen-bond acceptors (Lipinski definition) is 3. The van der Waals surface area contributed by atoms with E-state index >= 15 is 0 Å². The van der Waals surface area contributed by atoms with E-state index in [0.29, 0.717) is 17.2 Å². The van der Waals surface area contributed by atoms with E-state index in [9.17, 15) is 4.79 Å². The Labute approximate surface area is 126 Å². The molecule has 20 heavy (non-hydrogen) atoms. The van der Waals surface area contributed by atoms with Crippen LogP contribution in [0, 0.1) is 11.8 Å². The van der Waals surface area contributed by atoms with E-state index < -0.39 is 0 Å². The van der Waals surface area contributed by atoms with Crippen molar-refractivity contribution in [3.63, 3.8) is 0 Å². The maximum absolute atomic E-state index is 12.3. The van der Waals surface area contributed by atoms with Crippen LogP contribution in [0.25, 0.3) is 0 Å². The van der Waals surface area contributed by atoms with Crippen molar-refractivity contribution in [1.82, 2.24) is 0 Å². The Morgan fingerprint density at radius 3 is 2.85 bits per heavy atom. The van der Waals surface area contributed by atoms with Gasteiger partial charge in [0.15, 0.2) is 5.84 Å². The summed E-state index contributed by atoms with van der Waals surface area (Å²) < 4.78 is 0.821. The van der Waals surface area contributed by atoms with Crippen molar-refractivity contribution in [3.05, 3.63) is 28.2 Å². The number of carbonyl (C=O) groups is 1. The molecule has 1 aromatic rings. The number of rotatable bonds is 3. The number of amides is 1. The molecule has 0 aromatic heterocycles. The van der Waals surface area contributed by atoms with Crippen LogP contribution in [0.5, 0.6) is 0 Å². The molecule has 108 valence electrons. The number of nitrogens with two attached hydrogens (primary N) is 1. The summed E-state index contributed by atoms with van der Waals surface area (Å²) in [5, 5.41) is 14.7. The lowest BCUT2D eigenvalue weighted by molar-refractivity contribution is -0.120. The van der Waals surface area contributed by atoms with Gasteiger partial charge in [0.25, 0.3) is 0 Å². The van der Waals surface area contributed by atoms with Crippen molar-refractivity contribution < 1.29 is 10.0 Å². The van der Waals surface area contributed by atoms with E-state index in [2.05, 4.69) is 33.3 Å². The zero-order valence-electron chi connectivity index (χ0n) is 11.3. The molecule has 0 radical (unpaired) electrons. The largest absolute Gasteiger partial charge is 0.409 e. The van der Waals surface area contributed by atoms with Crippen LogP contribution in [0.2, 0.25) is 0 Å². The van der Waals surface area contributed by atoms with Gasteiger partial charge in [-0.1, -0.05) is 34.4 Å². The van der Waals surface area contributed by atoms with Gasteiger partial charge in [0, 0.05) is 16.0 Å². The molecule has 2 unspecified atom stereocenters. The molecule has 0 saturated heterocycles. The van der Waals surface area contributed by atoms with Crippen molar-refractivity contribution in [1.29, 1.82) is 0 Å². The van der Waals surface area contributed by atoms with Crippen molar-refractivity contribution in [2.45, 2.75) is 26.2 Å². The highest BCUT2D eigenvalue weighted by atomic mass is 79.9. The van der Waals surface area contributed by atoms with Gasteiger partial charge in [0.05, 0.1) is 5.69 Å². The van der Waals surface area contributed by atoms with Crippen molar-refractivity contribution in [3.8, 4) is 0 Å². The summed E-state index contributed by atoms with van der Waals surface area (Å²) in [5.41, 5.74) is 6.70. The summed E-state index contributed by atoms with van der Waals surface area (Å²) in [6, 6.07) is 5.24. The minimum Gasteiger partial charge on any atom is -0.409 e. The first-order valence-electron chi connectivity index (χ1n) is 6.61. The first-order valence-corrected chi connectivity index (χ1v) is 7.40. The van der Waals surface area contributed by atoms with E-state index in [0.717, 1.165) is 23.7 Å². The van der Waals surface area contributed by atoms with Gasteiger partial charge in [-0.2, -0.15) is 0 Å². The lowest BCUT2D eigenvalue weighted by Crippen LogP contribution is -2.26. The normalized spacial score (nSPS) is 22.8. The first-order chi connectivity index (χ1) is 9.52. The molecule has 1 aliphatic carbocycles. The predicted molar refractivity (Wildman–Crippen MR) is 81.8 cm³/mol. The van der Waals surface area contributed by atoms with E-state index in [4.69, 9.17) is 10.9 Å². The Morgan fingerprint density at radius 1 is 1.50 bits per heavy atom. The van der Waals surface area contributed by atoms with Gasteiger partial charge < -0.3 is 16.3 Å². The standard InChI is InChI=1S/C14H18BrN3O2/c1-8-3-2-4-10(8)14(19)17-12-7-9(15)5-6-11(12)13(16)18-20/h5-8,10,20H,2-4H2,1H3,(H2,16,18)(H,17,19). The number of amidine groups is 1. The highest BCUT2D eigenvalue weighted by Crippen LogP contribution is 2.32. The number of halogens is 1. The van der Waals surface area contributed by atoms with Gasteiger partial charge in [-0.05, 0) is 37.0 Å². The predicted octanol–water partition coefficient (Wildman–Crippen LogP) is 2.92. The third kappa shape index (κ3) is 3.12. The molecular formula is C14H18BrN3O2. The summed E-state index contributed by atoms with van der Waals surface area (Å²) >= 11 is 3.36. The fourth-order valence-corrected chi connectivity index (χ4v) is 3.02. The molecule has 1 amide bonds. The highest BCUT2D eigenvalue weighted by Gasteiger charge is 2.30. The van der Waals surface area contributed by atoms with Crippen molar-refractivity contribution in [2.24, 2.45) is 22.7 Å². The zero-order valence-corrected chi connectivity index (χ0v) is 12.9. The van der Waals surface area contributed by atoms with Crippen LogP contribution in [0.4, 0.5) is 5.69 Å². The van der Waals surface area contributed by atoms with E-state index in [1.807, 2.05) is 0 Å². The quantitative estimate of drug-likeness (QED) is 0.342. The lowest BCUT2D eigenvalue weighted by Gasteiger charge is -2.17. The summed E-state index contributed by atoms with van der Waals surface area (Å²) in [4.78, 5) is 12.3. The van der Waals surface area contributed by atoms with Crippen LogP contribution in [0.15, 0.2) is 27.8 Å². The Bertz CT molecular complexity index is 545. The maximum Gasteiger partial charge on any atom is 0.227 e. The lowest BCUT2D eigenvalue weighted by atomic mass is 9.97. The minimum atomic E-state index is -0.0210. The maximum atomic E-state index is 12.3. The van der Waals surface area contributed by atoms with E-state index in [1.165, 1.54) is 0 Å². The summed E-state index contributed by atoms with van der Waals surface area (Å²) in [6.45, 7) is 2.10. The van der Waals surface area contributed by atoms with Crippen LogP contribution in [-0.4, -0.2) is 17.0 Å². The second kappa shape index (κ2) is 6.26. The molecule has 0 heterocycles. The average Bonchev–Trinajstić information content (AvgIpc) is 2.84. The topological polar surface area (TPSA) is 87.7 Å². The molecule has 2 rings (SSSR count). The molecule has 1 fully saturated rings. The Balaban J connectivity index is 2.24. The van der Waals surface area contributed by atoms with Gasteiger partial charge in [-0.15, -0.1) is 0 Å². The Morgan fingerprint density at radius 2 is 2.25 bits per heavy atom. The second-order valence-electron chi connectivity index (χ2n) is 5.18. The molecule has 0 aliphatic heterocycles. The number of hydrogen-bond donors (Lipinski definition) is 3. The van der Waals surface area contributed by atoms with Crippen LogP contribution in [0.3, 0.4) is 0 Å². The monoisotopic (exact) mass is 339 g/mol. The van der Waals surface area contributed by atoms with Crippen LogP contribution < -0.4 is 11.1 Å². The Hall–Kier alpha value is -1.56. The van der Waals surface area contributed by atoms with Gasteiger partial charge >= 0.3 is 0 Å². The van der Waals surface area contributed by atoms with Crippen molar-refractivity contribution >= 4 is 33.4 Å². The number of carbonyl (C=O) groups excluding carboxylic acids is 1. The fourth-order valence-electron chi connectivity index (χ4n) is 2.66. The molecule has 1 aromatic carbocycles. The molecule has 1 saturated carbocycles. The van der Waals surface area contributed by atoms with Crippen molar-refractivity contribution in [2.75, 3.05) is 5.32 Å². The number of oxime groups is 1. The third-order valence-corrected chi connectivity index (χ3v) is 4.31. The van der Waals surface area contributed by atoms with Crippen LogP contribution >= 0.6 is 15.9 Å². The van der Waals surface area contributed by atoms with Gasteiger partial charge in [0.2, 0.25) is 5.91 Å². The highest BCUT2D eigenvalue weighted by molar-refractivity contribution is 9.10. The molecule has 5 nitrogen and oxygen atoms in total. The minimum absolute atomic E-state index is 0.0000831. The van der Waals surface area contributed by atoms with Gasteiger partial charge in [-0.25, -0.2) is 0 Å². The SMILES string of the molecule is CC1CCCC1C(=O)Nc1cc(Br)ccc1/C(N)=N/O. The van der Waals surface area contributed by atoms with Crippen LogP contribution in [-0.2, 0) is 4.79 Å². The Kier molecular flexibility index (Phi) is 4.65. The number of nitrogens with zero attached hydrogens (tertiary/aromatic N) is 1. The number of benzene rings is 1. The third-order valence-electron chi connectivity index (χ3n) is 3.82. The molecule has 6 heteroatoms. The summed E-state index contributed by atoms with van der Waals surface area (Å²) in [5.74, 6) is 0.413. The molecule has 2 atom stereocenters. The fraction of sp³-hybridized carbons (Fsp3) is 0.429. The first kappa shape index (κ1) is 14.8. The van der Waals surface area contributed by atoms with E-state index in [1.54, 1.807) is 18.2 Å². The summed E-state index contributed by atoms with van der Waals surface area (Å²) in [7, 11) is 0. The molecular weight excluding hydrogens is 322 g/mol. The average molecular weight is 340 g/mol. The zero-order chi connectivity index (χ0) is 14.7. The molecule has 0 bridgehead atoms. The smallest absolute Gasteiger partial charge is 0.227 e. The molecule has 4 N–H and O–H groups in total.